The molecule has 15 heavy (non-hydrogen) atoms. The number of hydrogen-bond donors (Lipinski definition) is 1. The van der Waals surface area contributed by atoms with Crippen LogP contribution in [0.25, 0.3) is 0 Å². The van der Waals surface area contributed by atoms with E-state index < -0.39 is 11.9 Å². The van der Waals surface area contributed by atoms with E-state index in [2.05, 4.69) is 0 Å². The Morgan fingerprint density at radius 1 is 1.33 bits per heavy atom. The molecule has 1 aromatic rings. The van der Waals surface area contributed by atoms with Gasteiger partial charge in [-0.05, 0) is 23.6 Å². The van der Waals surface area contributed by atoms with Crippen molar-refractivity contribution in [1.82, 2.24) is 5.73 Å². The fraction of sp³-hybridized carbons (Fsp3) is 0.273. The van der Waals surface area contributed by atoms with Crippen molar-refractivity contribution in [3.05, 3.63) is 34.9 Å². The number of carboxylic acid groups (broad SMARTS) is 1. The highest BCUT2D eigenvalue weighted by Crippen LogP contribution is 2.12. The largest absolute Gasteiger partial charge is 0.481 e. The van der Waals surface area contributed by atoms with Crippen molar-refractivity contribution in [2.24, 2.45) is 0 Å². The molecule has 4 nitrogen and oxygen atoms in total. The lowest BCUT2D eigenvalue weighted by Crippen LogP contribution is -2.05. The Bertz CT molecular complexity index is 399. The molecule has 1 rings (SSSR count). The molecule has 0 aromatic heterocycles. The van der Waals surface area contributed by atoms with Crippen LogP contribution in [-0.4, -0.2) is 17.0 Å². The maximum Gasteiger partial charge on any atom is 0.307 e. The summed E-state index contributed by atoms with van der Waals surface area (Å²) in [5, 5.41) is 8.62. The van der Waals surface area contributed by atoms with Crippen molar-refractivity contribution >= 4 is 11.9 Å². The number of hydrogen-bond acceptors (Lipinski definition) is 2. The fourth-order valence-corrected chi connectivity index (χ4v) is 1.41. The first-order valence-electron chi connectivity index (χ1n) is 4.53. The van der Waals surface area contributed by atoms with Gasteiger partial charge in [0.15, 0.2) is 0 Å². The zero-order valence-corrected chi connectivity index (χ0v) is 8.41. The molecule has 0 bridgehead atoms. The molecule has 0 heterocycles. The second-order valence-electron chi connectivity index (χ2n) is 3.43. The second-order valence-corrected chi connectivity index (χ2v) is 3.43. The van der Waals surface area contributed by atoms with Crippen molar-refractivity contribution in [3.8, 4) is 0 Å². The number of aryl methyl sites for hydroxylation is 1. The average Bonchev–Trinajstić information content (AvgIpc) is 2.08. The van der Waals surface area contributed by atoms with Crippen LogP contribution in [0.2, 0.25) is 0 Å². The van der Waals surface area contributed by atoms with Gasteiger partial charge in [0, 0.05) is 0 Å². The first kappa shape index (κ1) is 11.2. The lowest BCUT2D eigenvalue weighted by Gasteiger charge is -2.05. The Morgan fingerprint density at radius 2 is 2.00 bits per heavy atom. The highest BCUT2D eigenvalue weighted by Gasteiger charge is 2.06. The number of aliphatic carboxylic acids is 1. The zero-order valence-electron chi connectivity index (χ0n) is 8.41. The molecular weight excluding hydrogens is 194 g/mol. The monoisotopic (exact) mass is 206 g/mol. The van der Waals surface area contributed by atoms with Crippen LogP contribution < -0.4 is 5.73 Å². The van der Waals surface area contributed by atoms with E-state index in [9.17, 15) is 9.59 Å². The molecule has 0 saturated carbocycles. The first-order chi connectivity index (χ1) is 6.99. The lowest BCUT2D eigenvalue weighted by atomic mass is 10.0. The highest BCUT2D eigenvalue weighted by atomic mass is 16.4. The predicted octanol–water partition coefficient (Wildman–Crippen LogP) is 0.974. The number of benzene rings is 1. The van der Waals surface area contributed by atoms with E-state index in [1.54, 1.807) is 25.1 Å². The third-order valence-corrected chi connectivity index (χ3v) is 2.11. The van der Waals surface area contributed by atoms with Gasteiger partial charge >= 0.3 is 5.97 Å². The SMILES string of the molecule is Cc1cc(CC([NH])=O)ccc1CC(=O)O. The number of rotatable bonds is 4. The van der Waals surface area contributed by atoms with Crippen LogP contribution in [-0.2, 0) is 22.4 Å². The summed E-state index contributed by atoms with van der Waals surface area (Å²) in [7, 11) is 0. The van der Waals surface area contributed by atoms with Gasteiger partial charge < -0.3 is 5.11 Å². The molecule has 1 aromatic carbocycles. The van der Waals surface area contributed by atoms with E-state index in [-0.39, 0.29) is 12.8 Å². The molecular formula is C11H12NO3. The minimum atomic E-state index is -0.873. The van der Waals surface area contributed by atoms with Crippen molar-refractivity contribution in [2.75, 3.05) is 0 Å². The molecule has 0 aliphatic rings. The third-order valence-electron chi connectivity index (χ3n) is 2.11. The number of carbonyl (C=O) groups is 2. The summed E-state index contributed by atoms with van der Waals surface area (Å²) in [6, 6.07) is 5.14. The van der Waals surface area contributed by atoms with Crippen LogP contribution in [0.15, 0.2) is 18.2 Å². The van der Waals surface area contributed by atoms with Gasteiger partial charge in [0.2, 0.25) is 5.91 Å². The van der Waals surface area contributed by atoms with Crippen LogP contribution in [0.5, 0.6) is 0 Å². The topological polar surface area (TPSA) is 78.2 Å². The Kier molecular flexibility index (Phi) is 3.44. The number of carboxylic acids is 1. The van der Waals surface area contributed by atoms with Gasteiger partial charge in [-0.15, -0.1) is 0 Å². The van der Waals surface area contributed by atoms with Crippen molar-refractivity contribution in [3.63, 3.8) is 0 Å². The van der Waals surface area contributed by atoms with Gasteiger partial charge in [0.1, 0.15) is 0 Å². The molecule has 0 aliphatic carbocycles. The minimum absolute atomic E-state index is 0.0130. The molecule has 0 spiro atoms. The van der Waals surface area contributed by atoms with E-state index in [1.165, 1.54) is 0 Å². The van der Waals surface area contributed by atoms with Crippen molar-refractivity contribution < 1.29 is 14.7 Å². The van der Waals surface area contributed by atoms with Gasteiger partial charge in [0.05, 0.1) is 12.8 Å². The number of carbonyl (C=O) groups excluding carboxylic acids is 1. The van der Waals surface area contributed by atoms with E-state index in [0.717, 1.165) is 16.7 Å². The van der Waals surface area contributed by atoms with Gasteiger partial charge in [-0.1, -0.05) is 18.2 Å². The second kappa shape index (κ2) is 4.59. The first-order valence-corrected chi connectivity index (χ1v) is 4.53. The molecule has 0 fully saturated rings. The molecule has 0 saturated heterocycles. The minimum Gasteiger partial charge on any atom is -0.481 e. The summed E-state index contributed by atoms with van der Waals surface area (Å²) in [6.45, 7) is 1.80. The fourth-order valence-electron chi connectivity index (χ4n) is 1.41. The van der Waals surface area contributed by atoms with Crippen LogP contribution in [0.4, 0.5) is 0 Å². The quantitative estimate of drug-likeness (QED) is 0.797. The maximum absolute atomic E-state index is 10.6. The lowest BCUT2D eigenvalue weighted by molar-refractivity contribution is -0.136. The highest BCUT2D eigenvalue weighted by molar-refractivity contribution is 5.76. The summed E-state index contributed by atoms with van der Waals surface area (Å²) >= 11 is 0. The van der Waals surface area contributed by atoms with Crippen LogP contribution in [0.3, 0.4) is 0 Å². The molecule has 1 radical (unpaired) electrons. The van der Waals surface area contributed by atoms with E-state index in [4.69, 9.17) is 10.8 Å². The molecule has 79 valence electrons. The van der Waals surface area contributed by atoms with Crippen molar-refractivity contribution in [2.45, 2.75) is 19.8 Å². The molecule has 0 aliphatic heterocycles. The van der Waals surface area contributed by atoms with E-state index in [1.807, 2.05) is 0 Å². The van der Waals surface area contributed by atoms with Crippen LogP contribution >= 0.6 is 0 Å². The van der Waals surface area contributed by atoms with Gasteiger partial charge in [-0.2, -0.15) is 0 Å². The van der Waals surface area contributed by atoms with Gasteiger partial charge in [0.25, 0.3) is 0 Å². The summed E-state index contributed by atoms with van der Waals surface area (Å²) < 4.78 is 0. The molecule has 2 N–H and O–H groups in total. The Labute approximate surface area is 87.7 Å². The molecule has 0 unspecified atom stereocenters. The molecule has 0 atom stereocenters. The molecule has 1 amide bonds. The summed E-state index contributed by atoms with van der Waals surface area (Å²) in [5.41, 5.74) is 9.15. The Balaban J connectivity index is 2.87. The standard InChI is InChI=1S/C11H12NO3/c1-7-4-8(5-10(12)13)2-3-9(7)6-11(14)15/h2-4,12H,5-6H2,1H3,(H,14,15). The van der Waals surface area contributed by atoms with Gasteiger partial charge in [-0.3, -0.25) is 15.3 Å². The summed E-state index contributed by atoms with van der Waals surface area (Å²) in [6.07, 6.45) is 0.0646. The van der Waals surface area contributed by atoms with E-state index >= 15 is 0 Å². The van der Waals surface area contributed by atoms with Crippen LogP contribution in [0, 0.1) is 6.92 Å². The van der Waals surface area contributed by atoms with E-state index in [0.29, 0.717) is 0 Å². The smallest absolute Gasteiger partial charge is 0.307 e. The van der Waals surface area contributed by atoms with Gasteiger partial charge in [-0.25, -0.2) is 0 Å². The average molecular weight is 206 g/mol. The zero-order chi connectivity index (χ0) is 11.4. The normalized spacial score (nSPS) is 9.93. The maximum atomic E-state index is 10.6. The van der Waals surface area contributed by atoms with Crippen molar-refractivity contribution in [1.29, 1.82) is 0 Å². The third kappa shape index (κ3) is 3.42. The Morgan fingerprint density at radius 3 is 2.47 bits per heavy atom. The number of nitrogens with one attached hydrogen (secondary N) is 1. The van der Waals surface area contributed by atoms with Crippen LogP contribution in [0.1, 0.15) is 16.7 Å². The molecule has 4 heteroatoms. The summed E-state index contributed by atoms with van der Waals surface area (Å²) in [5.74, 6) is -1.51. The number of amides is 1. The Hall–Kier alpha value is -1.84. The summed E-state index contributed by atoms with van der Waals surface area (Å²) in [4.78, 5) is 21.1. The predicted molar refractivity (Wildman–Crippen MR) is 54.3 cm³/mol.